The monoisotopic (exact) mass is 473 g/mol. The van der Waals surface area contributed by atoms with Crippen LogP contribution in [0.1, 0.15) is 19.4 Å². The SMILES string of the molecule is CCOc1ccc(COc2ccc(NC(=O)Cn3cc(Br)cn3)cc2)cc1OCC. The summed E-state index contributed by atoms with van der Waals surface area (Å²) >= 11 is 3.31. The van der Waals surface area contributed by atoms with Crippen LogP contribution in [-0.2, 0) is 17.9 Å². The maximum Gasteiger partial charge on any atom is 0.246 e. The van der Waals surface area contributed by atoms with Crippen molar-refractivity contribution in [3.8, 4) is 17.2 Å². The molecule has 0 fully saturated rings. The van der Waals surface area contributed by atoms with E-state index in [1.54, 1.807) is 29.2 Å². The molecule has 0 saturated carbocycles. The Labute approximate surface area is 184 Å². The molecular formula is C22H24BrN3O4. The molecule has 1 aromatic heterocycles. The van der Waals surface area contributed by atoms with Crippen LogP contribution in [0.5, 0.6) is 17.2 Å². The molecule has 1 amide bonds. The van der Waals surface area contributed by atoms with Crippen LogP contribution < -0.4 is 19.5 Å². The highest BCUT2D eigenvalue weighted by Crippen LogP contribution is 2.29. The van der Waals surface area contributed by atoms with Crippen molar-refractivity contribution in [2.75, 3.05) is 18.5 Å². The number of aromatic nitrogens is 2. The number of nitrogens with zero attached hydrogens (tertiary/aromatic N) is 2. The van der Waals surface area contributed by atoms with E-state index in [4.69, 9.17) is 14.2 Å². The molecule has 0 bridgehead atoms. The minimum atomic E-state index is -0.155. The molecule has 0 aliphatic rings. The zero-order valence-corrected chi connectivity index (χ0v) is 18.5. The van der Waals surface area contributed by atoms with Crippen LogP contribution in [0.4, 0.5) is 5.69 Å². The number of carbonyl (C=O) groups excluding carboxylic acids is 1. The first-order valence-electron chi connectivity index (χ1n) is 9.66. The van der Waals surface area contributed by atoms with Gasteiger partial charge in [-0.15, -0.1) is 0 Å². The number of nitrogens with one attached hydrogen (secondary N) is 1. The second kappa shape index (κ2) is 10.7. The van der Waals surface area contributed by atoms with E-state index in [0.29, 0.717) is 37.0 Å². The third kappa shape index (κ3) is 6.25. The van der Waals surface area contributed by atoms with Gasteiger partial charge < -0.3 is 19.5 Å². The summed E-state index contributed by atoms with van der Waals surface area (Å²) in [6, 6.07) is 13.0. The van der Waals surface area contributed by atoms with Crippen molar-refractivity contribution in [3.05, 3.63) is 64.9 Å². The Balaban J connectivity index is 1.54. The van der Waals surface area contributed by atoms with Crippen LogP contribution in [0, 0.1) is 0 Å². The number of rotatable bonds is 10. The summed E-state index contributed by atoms with van der Waals surface area (Å²) in [6.45, 7) is 5.56. The fraction of sp³-hybridized carbons (Fsp3) is 0.273. The Bertz CT molecular complexity index is 973. The average Bonchev–Trinajstić information content (AvgIpc) is 3.14. The molecule has 158 valence electrons. The second-order valence-corrected chi connectivity index (χ2v) is 7.28. The fourth-order valence-electron chi connectivity index (χ4n) is 2.76. The molecule has 3 aromatic rings. The summed E-state index contributed by atoms with van der Waals surface area (Å²) in [7, 11) is 0. The van der Waals surface area contributed by atoms with Crippen molar-refractivity contribution in [1.82, 2.24) is 9.78 Å². The van der Waals surface area contributed by atoms with Crippen LogP contribution in [0.2, 0.25) is 0 Å². The lowest BCUT2D eigenvalue weighted by Crippen LogP contribution is -2.18. The maximum atomic E-state index is 12.1. The average molecular weight is 474 g/mol. The summed E-state index contributed by atoms with van der Waals surface area (Å²) in [5, 5.41) is 6.91. The van der Waals surface area contributed by atoms with E-state index in [0.717, 1.165) is 15.8 Å². The third-order valence-corrected chi connectivity index (χ3v) is 4.47. The van der Waals surface area contributed by atoms with E-state index in [9.17, 15) is 4.79 Å². The molecule has 0 unspecified atom stereocenters. The van der Waals surface area contributed by atoms with Gasteiger partial charge in [-0.2, -0.15) is 5.10 Å². The van der Waals surface area contributed by atoms with E-state index in [-0.39, 0.29) is 12.5 Å². The third-order valence-electron chi connectivity index (χ3n) is 4.06. The predicted octanol–water partition coefficient (Wildman–Crippen LogP) is 4.66. The van der Waals surface area contributed by atoms with E-state index in [1.165, 1.54) is 0 Å². The fourth-order valence-corrected chi connectivity index (χ4v) is 3.09. The molecular weight excluding hydrogens is 450 g/mol. The summed E-state index contributed by atoms with van der Waals surface area (Å²) in [4.78, 5) is 12.1. The van der Waals surface area contributed by atoms with Crippen LogP contribution in [0.15, 0.2) is 59.3 Å². The highest BCUT2D eigenvalue weighted by Gasteiger charge is 2.08. The summed E-state index contributed by atoms with van der Waals surface area (Å²) in [5.41, 5.74) is 1.67. The Morgan fingerprint density at radius 3 is 2.43 bits per heavy atom. The van der Waals surface area contributed by atoms with Gasteiger partial charge in [0.05, 0.1) is 23.9 Å². The number of benzene rings is 2. The molecule has 7 nitrogen and oxygen atoms in total. The molecule has 1 N–H and O–H groups in total. The van der Waals surface area contributed by atoms with Crippen molar-refractivity contribution in [2.24, 2.45) is 0 Å². The van der Waals surface area contributed by atoms with Gasteiger partial charge in [0.25, 0.3) is 0 Å². The lowest BCUT2D eigenvalue weighted by Gasteiger charge is -2.13. The number of hydrogen-bond acceptors (Lipinski definition) is 5. The Hall–Kier alpha value is -3.00. The normalized spacial score (nSPS) is 10.5. The number of ether oxygens (including phenoxy) is 3. The molecule has 2 aromatic carbocycles. The second-order valence-electron chi connectivity index (χ2n) is 6.36. The number of halogens is 1. The highest BCUT2D eigenvalue weighted by molar-refractivity contribution is 9.10. The van der Waals surface area contributed by atoms with Crippen molar-refractivity contribution in [1.29, 1.82) is 0 Å². The predicted molar refractivity (Wildman–Crippen MR) is 118 cm³/mol. The molecule has 0 aliphatic heterocycles. The van der Waals surface area contributed by atoms with Crippen LogP contribution >= 0.6 is 15.9 Å². The Morgan fingerprint density at radius 2 is 1.77 bits per heavy atom. The van der Waals surface area contributed by atoms with Crippen molar-refractivity contribution in [3.63, 3.8) is 0 Å². The Kier molecular flexibility index (Phi) is 7.73. The van der Waals surface area contributed by atoms with E-state index < -0.39 is 0 Å². The van der Waals surface area contributed by atoms with Gasteiger partial charge in [-0.3, -0.25) is 9.48 Å². The highest BCUT2D eigenvalue weighted by atomic mass is 79.9. The van der Waals surface area contributed by atoms with Gasteiger partial charge in [-0.1, -0.05) is 6.07 Å². The minimum absolute atomic E-state index is 0.143. The zero-order valence-electron chi connectivity index (χ0n) is 16.9. The van der Waals surface area contributed by atoms with Crippen molar-refractivity contribution in [2.45, 2.75) is 27.0 Å². The molecule has 0 radical (unpaired) electrons. The molecule has 3 rings (SSSR count). The molecule has 1 heterocycles. The smallest absolute Gasteiger partial charge is 0.246 e. The minimum Gasteiger partial charge on any atom is -0.490 e. The van der Waals surface area contributed by atoms with E-state index in [2.05, 4.69) is 26.3 Å². The van der Waals surface area contributed by atoms with Gasteiger partial charge in [0, 0.05) is 11.9 Å². The number of hydrogen-bond donors (Lipinski definition) is 1. The summed E-state index contributed by atoms with van der Waals surface area (Å²) < 4.78 is 19.5. The molecule has 8 heteroatoms. The number of amides is 1. The van der Waals surface area contributed by atoms with Crippen molar-refractivity contribution >= 4 is 27.5 Å². The zero-order chi connectivity index (χ0) is 21.3. The lowest BCUT2D eigenvalue weighted by atomic mass is 10.2. The molecule has 0 saturated heterocycles. The van der Waals surface area contributed by atoms with Gasteiger partial charge in [-0.05, 0) is 71.7 Å². The van der Waals surface area contributed by atoms with Gasteiger partial charge in [0.15, 0.2) is 11.5 Å². The molecule has 0 spiro atoms. The first-order valence-corrected chi connectivity index (χ1v) is 10.5. The molecule has 0 atom stereocenters. The lowest BCUT2D eigenvalue weighted by molar-refractivity contribution is -0.116. The number of carbonyl (C=O) groups is 1. The summed E-state index contributed by atoms with van der Waals surface area (Å²) in [5.74, 6) is 1.99. The molecule has 0 aliphatic carbocycles. The first kappa shape index (κ1) is 21.7. The van der Waals surface area contributed by atoms with Gasteiger partial charge in [0.1, 0.15) is 18.9 Å². The van der Waals surface area contributed by atoms with Crippen molar-refractivity contribution < 1.29 is 19.0 Å². The van der Waals surface area contributed by atoms with Gasteiger partial charge in [0.2, 0.25) is 5.91 Å². The quantitative estimate of drug-likeness (QED) is 0.463. The topological polar surface area (TPSA) is 74.6 Å². The maximum absolute atomic E-state index is 12.1. The van der Waals surface area contributed by atoms with Gasteiger partial charge >= 0.3 is 0 Å². The van der Waals surface area contributed by atoms with E-state index in [1.807, 2.05) is 44.2 Å². The first-order chi connectivity index (χ1) is 14.6. The summed E-state index contributed by atoms with van der Waals surface area (Å²) in [6.07, 6.45) is 3.38. The Morgan fingerprint density at radius 1 is 1.03 bits per heavy atom. The van der Waals surface area contributed by atoms with Crippen LogP contribution in [0.3, 0.4) is 0 Å². The standard InChI is InChI=1S/C22H24BrN3O4/c1-3-28-20-10-5-16(11-21(20)29-4-2)15-30-19-8-6-18(7-9-19)25-22(27)14-26-13-17(23)12-24-26/h5-13H,3-4,14-15H2,1-2H3,(H,25,27). The van der Waals surface area contributed by atoms with Gasteiger partial charge in [-0.25, -0.2) is 0 Å². The van der Waals surface area contributed by atoms with E-state index >= 15 is 0 Å². The molecule has 30 heavy (non-hydrogen) atoms. The van der Waals surface area contributed by atoms with Crippen LogP contribution in [0.25, 0.3) is 0 Å². The van der Waals surface area contributed by atoms with Crippen LogP contribution in [-0.4, -0.2) is 28.9 Å². The number of anilines is 1. The largest absolute Gasteiger partial charge is 0.490 e.